The largest absolute Gasteiger partial charge is 0.394 e. The molecule has 2 rings (SSSR count). The SMILES string of the molecule is C=C[C@@]1(O)C[C@H](n2cc(C)c(=O)[nH]c2=O)O[C@@H]1CO. The fourth-order valence-corrected chi connectivity index (χ4v) is 2.15. The minimum atomic E-state index is -1.40. The number of rotatable bonds is 3. The highest BCUT2D eigenvalue weighted by molar-refractivity contribution is 5.08. The normalized spacial score (nSPS) is 30.5. The second-order valence-corrected chi connectivity index (χ2v) is 4.64. The molecule has 3 N–H and O–H groups in total. The summed E-state index contributed by atoms with van der Waals surface area (Å²) in [6, 6.07) is 0. The van der Waals surface area contributed by atoms with Crippen LogP contribution in [-0.4, -0.2) is 38.1 Å². The summed E-state index contributed by atoms with van der Waals surface area (Å²) in [7, 11) is 0. The van der Waals surface area contributed by atoms with Crippen molar-refractivity contribution in [3.63, 3.8) is 0 Å². The Kier molecular flexibility index (Phi) is 3.44. The van der Waals surface area contributed by atoms with Gasteiger partial charge in [0.2, 0.25) is 0 Å². The number of ether oxygens (including phenoxy) is 1. The zero-order valence-electron chi connectivity index (χ0n) is 10.5. The summed E-state index contributed by atoms with van der Waals surface area (Å²) in [6.07, 6.45) is 1.12. The van der Waals surface area contributed by atoms with E-state index < -0.39 is 35.8 Å². The van der Waals surface area contributed by atoms with Gasteiger partial charge in [-0.05, 0) is 6.92 Å². The van der Waals surface area contributed by atoms with Gasteiger partial charge in [0.25, 0.3) is 5.56 Å². The van der Waals surface area contributed by atoms with Crippen LogP contribution in [0, 0.1) is 6.92 Å². The summed E-state index contributed by atoms with van der Waals surface area (Å²) in [5.41, 5.74) is -2.12. The Morgan fingerprint density at radius 2 is 2.37 bits per heavy atom. The standard InChI is InChI=1S/C12H16N2O5/c1-3-12(18)4-9(19-8(12)6-15)14-5-7(2)10(16)13-11(14)17/h3,5,8-9,15,18H,1,4,6H2,2H3,(H,13,16,17)/t8-,9-,12-/m1/s1. The summed E-state index contributed by atoms with van der Waals surface area (Å²) < 4.78 is 6.64. The highest BCUT2D eigenvalue weighted by Crippen LogP contribution is 2.36. The lowest BCUT2D eigenvalue weighted by Crippen LogP contribution is -2.38. The highest BCUT2D eigenvalue weighted by atomic mass is 16.5. The van der Waals surface area contributed by atoms with Crippen molar-refractivity contribution in [2.24, 2.45) is 0 Å². The average Bonchev–Trinajstić information content (AvgIpc) is 2.71. The van der Waals surface area contributed by atoms with Gasteiger partial charge in [0.05, 0.1) is 6.61 Å². The van der Waals surface area contributed by atoms with E-state index in [0.717, 1.165) is 0 Å². The van der Waals surface area contributed by atoms with Gasteiger partial charge in [-0.15, -0.1) is 6.58 Å². The van der Waals surface area contributed by atoms with E-state index in [1.54, 1.807) is 6.92 Å². The Balaban J connectivity index is 2.40. The van der Waals surface area contributed by atoms with Crippen LogP contribution < -0.4 is 11.2 Å². The van der Waals surface area contributed by atoms with Crippen LogP contribution in [0.25, 0.3) is 0 Å². The molecule has 1 aromatic rings. The molecule has 1 aliphatic heterocycles. The van der Waals surface area contributed by atoms with Crippen molar-refractivity contribution >= 4 is 0 Å². The number of H-pyrrole nitrogens is 1. The molecule has 7 heteroatoms. The zero-order chi connectivity index (χ0) is 14.2. The highest BCUT2D eigenvalue weighted by Gasteiger charge is 2.45. The fourth-order valence-electron chi connectivity index (χ4n) is 2.15. The van der Waals surface area contributed by atoms with Crippen molar-refractivity contribution in [2.75, 3.05) is 6.61 Å². The number of aromatic amines is 1. The monoisotopic (exact) mass is 268 g/mol. The zero-order valence-corrected chi connectivity index (χ0v) is 10.5. The quantitative estimate of drug-likeness (QED) is 0.613. The molecule has 0 spiro atoms. The van der Waals surface area contributed by atoms with Crippen molar-refractivity contribution in [2.45, 2.75) is 31.3 Å². The van der Waals surface area contributed by atoms with Gasteiger partial charge in [0.1, 0.15) is 17.9 Å². The van der Waals surface area contributed by atoms with E-state index in [1.165, 1.54) is 16.8 Å². The maximum atomic E-state index is 11.7. The van der Waals surface area contributed by atoms with Gasteiger partial charge in [-0.3, -0.25) is 14.3 Å². The van der Waals surface area contributed by atoms with Crippen molar-refractivity contribution in [3.05, 3.63) is 45.3 Å². The second-order valence-electron chi connectivity index (χ2n) is 4.64. The number of hydrogen-bond donors (Lipinski definition) is 3. The molecule has 1 fully saturated rings. The minimum absolute atomic E-state index is 0.0765. The Morgan fingerprint density at radius 1 is 1.68 bits per heavy atom. The number of aromatic nitrogens is 2. The first kappa shape index (κ1) is 13.7. The van der Waals surface area contributed by atoms with Gasteiger partial charge in [0.15, 0.2) is 0 Å². The van der Waals surface area contributed by atoms with Crippen LogP contribution in [0.4, 0.5) is 0 Å². The molecule has 0 radical (unpaired) electrons. The van der Waals surface area contributed by atoms with Crippen LogP contribution in [-0.2, 0) is 4.74 Å². The predicted octanol–water partition coefficient (Wildman–Crippen LogP) is -0.958. The van der Waals surface area contributed by atoms with Crippen LogP contribution in [0.1, 0.15) is 18.2 Å². The van der Waals surface area contributed by atoms with Crippen LogP contribution in [0.2, 0.25) is 0 Å². The number of aliphatic hydroxyl groups is 2. The molecule has 0 aliphatic carbocycles. The van der Waals surface area contributed by atoms with Gasteiger partial charge in [-0.1, -0.05) is 6.08 Å². The summed E-state index contributed by atoms with van der Waals surface area (Å²) in [4.78, 5) is 25.2. The van der Waals surface area contributed by atoms with Crippen LogP contribution in [0.15, 0.2) is 28.4 Å². The molecule has 1 aromatic heterocycles. The van der Waals surface area contributed by atoms with Gasteiger partial charge in [-0.2, -0.15) is 0 Å². The van der Waals surface area contributed by atoms with Crippen molar-refractivity contribution in [1.82, 2.24) is 9.55 Å². The topological polar surface area (TPSA) is 105 Å². The lowest BCUT2D eigenvalue weighted by Gasteiger charge is -2.21. The number of aliphatic hydroxyl groups excluding tert-OH is 1. The minimum Gasteiger partial charge on any atom is -0.394 e. The molecule has 1 aliphatic rings. The van der Waals surface area contributed by atoms with E-state index in [-0.39, 0.29) is 6.42 Å². The second kappa shape index (κ2) is 4.76. The molecule has 3 atom stereocenters. The lowest BCUT2D eigenvalue weighted by molar-refractivity contribution is -0.0653. The summed E-state index contributed by atoms with van der Waals surface area (Å²) >= 11 is 0. The maximum absolute atomic E-state index is 11.7. The molecule has 2 heterocycles. The predicted molar refractivity (Wildman–Crippen MR) is 66.8 cm³/mol. The third-order valence-electron chi connectivity index (χ3n) is 3.36. The first-order valence-corrected chi connectivity index (χ1v) is 5.85. The van der Waals surface area contributed by atoms with E-state index in [4.69, 9.17) is 4.74 Å². The number of nitrogens with zero attached hydrogens (tertiary/aromatic N) is 1. The molecule has 19 heavy (non-hydrogen) atoms. The molecule has 7 nitrogen and oxygen atoms in total. The first-order valence-electron chi connectivity index (χ1n) is 5.85. The molecule has 0 amide bonds. The molecular weight excluding hydrogens is 252 g/mol. The van der Waals surface area contributed by atoms with E-state index in [0.29, 0.717) is 5.56 Å². The van der Waals surface area contributed by atoms with E-state index >= 15 is 0 Å². The summed E-state index contributed by atoms with van der Waals surface area (Å²) in [6.45, 7) is 4.68. The molecule has 104 valence electrons. The van der Waals surface area contributed by atoms with Crippen LogP contribution in [0.5, 0.6) is 0 Å². The Bertz CT molecular complexity index is 605. The van der Waals surface area contributed by atoms with E-state index in [1.807, 2.05) is 0 Å². The Hall–Kier alpha value is -1.70. The number of aryl methyl sites for hydroxylation is 1. The third kappa shape index (κ3) is 2.27. The third-order valence-corrected chi connectivity index (χ3v) is 3.36. The molecule has 0 bridgehead atoms. The van der Waals surface area contributed by atoms with E-state index in [2.05, 4.69) is 11.6 Å². The molecule has 1 saturated heterocycles. The van der Waals surface area contributed by atoms with Crippen LogP contribution >= 0.6 is 0 Å². The molecular formula is C12H16N2O5. The smallest absolute Gasteiger partial charge is 0.330 e. The Morgan fingerprint density at radius 3 is 2.89 bits per heavy atom. The fraction of sp³-hybridized carbons (Fsp3) is 0.500. The summed E-state index contributed by atoms with van der Waals surface area (Å²) in [5, 5.41) is 19.4. The van der Waals surface area contributed by atoms with Crippen molar-refractivity contribution in [3.8, 4) is 0 Å². The average molecular weight is 268 g/mol. The van der Waals surface area contributed by atoms with Gasteiger partial charge in [-0.25, -0.2) is 4.79 Å². The van der Waals surface area contributed by atoms with Crippen molar-refractivity contribution in [1.29, 1.82) is 0 Å². The summed E-state index contributed by atoms with van der Waals surface area (Å²) in [5.74, 6) is 0. The first-order chi connectivity index (χ1) is 8.91. The number of hydrogen-bond acceptors (Lipinski definition) is 5. The van der Waals surface area contributed by atoms with Gasteiger partial charge >= 0.3 is 5.69 Å². The Labute approximate surface area is 108 Å². The number of nitrogens with one attached hydrogen (secondary N) is 1. The van der Waals surface area contributed by atoms with Crippen LogP contribution in [0.3, 0.4) is 0 Å². The lowest BCUT2D eigenvalue weighted by atomic mass is 9.95. The molecule has 0 aromatic carbocycles. The van der Waals surface area contributed by atoms with E-state index in [9.17, 15) is 19.8 Å². The molecule has 0 saturated carbocycles. The van der Waals surface area contributed by atoms with Gasteiger partial charge < -0.3 is 14.9 Å². The van der Waals surface area contributed by atoms with Gasteiger partial charge in [0, 0.05) is 18.2 Å². The van der Waals surface area contributed by atoms with Crippen molar-refractivity contribution < 1.29 is 14.9 Å². The maximum Gasteiger partial charge on any atom is 0.330 e. The molecule has 0 unspecified atom stereocenters.